The molecule has 0 aromatic heterocycles. The molecule has 0 aliphatic rings. The Kier molecular flexibility index (Phi) is 4.01. The van der Waals surface area contributed by atoms with Gasteiger partial charge in [-0.05, 0) is 58.2 Å². The minimum absolute atomic E-state index is 0.493. The molecule has 2 nitrogen and oxygen atoms in total. The molecule has 0 saturated heterocycles. The van der Waals surface area contributed by atoms with E-state index in [9.17, 15) is 0 Å². The number of halogens is 1. The molecule has 0 saturated carbocycles. The van der Waals surface area contributed by atoms with E-state index >= 15 is 0 Å². The summed E-state index contributed by atoms with van der Waals surface area (Å²) in [5.41, 5.74) is 2.89. The molecule has 2 aromatic rings. The maximum Gasteiger partial charge on any atom is 0.134 e. The van der Waals surface area contributed by atoms with Gasteiger partial charge in [-0.1, -0.05) is 18.2 Å². The van der Waals surface area contributed by atoms with E-state index in [4.69, 9.17) is 10.00 Å². The first-order valence-electron chi connectivity index (χ1n) is 5.57. The van der Waals surface area contributed by atoms with Crippen molar-refractivity contribution >= 4 is 15.9 Å². The molecule has 3 heteroatoms. The number of aryl methyl sites for hydroxylation is 1. The van der Waals surface area contributed by atoms with Crippen LogP contribution in [0.25, 0.3) is 0 Å². The molecule has 0 aliphatic carbocycles. The molecule has 0 amide bonds. The van der Waals surface area contributed by atoms with Crippen molar-refractivity contribution in [2.45, 2.75) is 13.5 Å². The number of hydrogen-bond donors (Lipinski definition) is 0. The predicted octanol–water partition coefficient (Wildman–Crippen LogP) is 4.21. The maximum atomic E-state index is 8.71. The second-order valence-corrected chi connectivity index (χ2v) is 4.89. The summed E-state index contributed by atoms with van der Waals surface area (Å²) < 4.78 is 6.68. The van der Waals surface area contributed by atoms with E-state index in [0.29, 0.717) is 12.2 Å². The van der Waals surface area contributed by atoms with Crippen LogP contribution in [0.3, 0.4) is 0 Å². The molecule has 0 bridgehead atoms. The zero-order chi connectivity index (χ0) is 13.0. The summed E-state index contributed by atoms with van der Waals surface area (Å²) in [5, 5.41) is 8.71. The molecule has 2 rings (SSSR count). The Hall–Kier alpha value is -1.79. The predicted molar refractivity (Wildman–Crippen MR) is 74.4 cm³/mol. The molecule has 0 radical (unpaired) electrons. The molecule has 0 aliphatic heterocycles. The molecule has 0 atom stereocenters. The number of hydrogen-bond acceptors (Lipinski definition) is 2. The van der Waals surface area contributed by atoms with Crippen molar-refractivity contribution in [3.8, 4) is 11.8 Å². The van der Waals surface area contributed by atoms with Gasteiger partial charge in [0.2, 0.25) is 0 Å². The van der Waals surface area contributed by atoms with Gasteiger partial charge in [0.05, 0.1) is 16.1 Å². The molecular formula is C15H12BrNO. The van der Waals surface area contributed by atoms with Gasteiger partial charge >= 0.3 is 0 Å². The average Bonchev–Trinajstić information content (AvgIpc) is 2.38. The first-order chi connectivity index (χ1) is 8.69. The van der Waals surface area contributed by atoms with E-state index in [-0.39, 0.29) is 0 Å². The van der Waals surface area contributed by atoms with Crippen molar-refractivity contribution in [1.29, 1.82) is 5.26 Å². The summed E-state index contributed by atoms with van der Waals surface area (Å²) in [5.74, 6) is 0.824. The lowest BCUT2D eigenvalue weighted by atomic mass is 10.1. The molecule has 2 aromatic carbocycles. The van der Waals surface area contributed by atoms with Crippen molar-refractivity contribution in [1.82, 2.24) is 0 Å². The van der Waals surface area contributed by atoms with Crippen molar-refractivity contribution in [2.24, 2.45) is 0 Å². The zero-order valence-electron chi connectivity index (χ0n) is 9.98. The lowest BCUT2D eigenvalue weighted by Gasteiger charge is -2.08. The third-order valence-electron chi connectivity index (χ3n) is 2.56. The molecule has 0 N–H and O–H groups in total. The van der Waals surface area contributed by atoms with Crippen LogP contribution in [-0.4, -0.2) is 0 Å². The second kappa shape index (κ2) is 5.70. The van der Waals surface area contributed by atoms with Crippen LogP contribution >= 0.6 is 15.9 Å². The zero-order valence-corrected chi connectivity index (χ0v) is 11.6. The van der Waals surface area contributed by atoms with Crippen molar-refractivity contribution in [3.63, 3.8) is 0 Å². The van der Waals surface area contributed by atoms with E-state index in [1.807, 2.05) is 37.3 Å². The van der Waals surface area contributed by atoms with Gasteiger partial charge in [0.25, 0.3) is 0 Å². The van der Waals surface area contributed by atoms with E-state index in [0.717, 1.165) is 15.8 Å². The van der Waals surface area contributed by atoms with Gasteiger partial charge in [-0.3, -0.25) is 0 Å². The van der Waals surface area contributed by atoms with Crippen molar-refractivity contribution in [2.75, 3.05) is 0 Å². The van der Waals surface area contributed by atoms with Crippen LogP contribution in [0, 0.1) is 18.3 Å². The highest BCUT2D eigenvalue weighted by Gasteiger charge is 2.01. The Balaban J connectivity index is 2.04. The van der Waals surface area contributed by atoms with Gasteiger partial charge in [0.1, 0.15) is 12.4 Å². The van der Waals surface area contributed by atoms with Crippen LogP contribution in [0.2, 0.25) is 0 Å². The minimum atomic E-state index is 0.493. The van der Waals surface area contributed by atoms with E-state index in [1.165, 1.54) is 5.56 Å². The van der Waals surface area contributed by atoms with Gasteiger partial charge in [0, 0.05) is 0 Å². The first kappa shape index (κ1) is 12.7. The number of benzene rings is 2. The fraction of sp³-hybridized carbons (Fsp3) is 0.133. The van der Waals surface area contributed by atoms with Crippen molar-refractivity contribution < 1.29 is 4.74 Å². The number of rotatable bonds is 3. The summed E-state index contributed by atoms with van der Waals surface area (Å²) in [6.07, 6.45) is 0. The van der Waals surface area contributed by atoms with Crippen LogP contribution in [0.1, 0.15) is 16.7 Å². The highest BCUT2D eigenvalue weighted by molar-refractivity contribution is 9.10. The monoisotopic (exact) mass is 301 g/mol. The molecule has 0 spiro atoms. The van der Waals surface area contributed by atoms with Gasteiger partial charge in [-0.15, -0.1) is 0 Å². The standard InChI is InChI=1S/C15H12BrNO/c1-11-2-7-15(14(16)8-11)18-10-13-5-3-12(9-17)4-6-13/h2-8H,10H2,1H3. The number of nitriles is 1. The van der Waals surface area contributed by atoms with Crippen LogP contribution in [0.5, 0.6) is 5.75 Å². The van der Waals surface area contributed by atoms with E-state index in [2.05, 4.69) is 22.0 Å². The quantitative estimate of drug-likeness (QED) is 0.851. The molecule has 0 fully saturated rings. The lowest BCUT2D eigenvalue weighted by molar-refractivity contribution is 0.304. The fourth-order valence-corrected chi connectivity index (χ4v) is 2.17. The van der Waals surface area contributed by atoms with Gasteiger partial charge < -0.3 is 4.74 Å². The van der Waals surface area contributed by atoms with Gasteiger partial charge in [-0.2, -0.15) is 5.26 Å². The van der Waals surface area contributed by atoms with Gasteiger partial charge in [0.15, 0.2) is 0 Å². The average molecular weight is 302 g/mol. The van der Waals surface area contributed by atoms with Crippen LogP contribution < -0.4 is 4.74 Å². The number of ether oxygens (including phenoxy) is 1. The van der Waals surface area contributed by atoms with Crippen LogP contribution in [0.15, 0.2) is 46.9 Å². The summed E-state index contributed by atoms with van der Waals surface area (Å²) >= 11 is 3.48. The van der Waals surface area contributed by atoms with Crippen LogP contribution in [-0.2, 0) is 6.61 Å². The summed E-state index contributed by atoms with van der Waals surface area (Å²) in [4.78, 5) is 0. The third-order valence-corrected chi connectivity index (χ3v) is 3.18. The smallest absolute Gasteiger partial charge is 0.134 e. The Labute approximate surface area is 115 Å². The molecule has 0 heterocycles. The van der Waals surface area contributed by atoms with Crippen LogP contribution in [0.4, 0.5) is 0 Å². The van der Waals surface area contributed by atoms with Crippen molar-refractivity contribution in [3.05, 3.63) is 63.6 Å². The summed E-state index contributed by atoms with van der Waals surface area (Å²) in [6, 6.07) is 15.5. The molecule has 0 unspecified atom stereocenters. The molecular weight excluding hydrogens is 290 g/mol. The first-order valence-corrected chi connectivity index (χ1v) is 6.36. The highest BCUT2D eigenvalue weighted by atomic mass is 79.9. The topological polar surface area (TPSA) is 33.0 Å². The van der Waals surface area contributed by atoms with E-state index < -0.39 is 0 Å². The molecule has 90 valence electrons. The van der Waals surface area contributed by atoms with Gasteiger partial charge in [-0.25, -0.2) is 0 Å². The number of nitrogens with zero attached hydrogens (tertiary/aromatic N) is 1. The fourth-order valence-electron chi connectivity index (χ4n) is 1.56. The Bertz CT molecular complexity index is 584. The minimum Gasteiger partial charge on any atom is -0.488 e. The Morgan fingerprint density at radius 1 is 1.17 bits per heavy atom. The lowest BCUT2D eigenvalue weighted by Crippen LogP contribution is -1.96. The maximum absolute atomic E-state index is 8.71. The second-order valence-electron chi connectivity index (χ2n) is 4.03. The highest BCUT2D eigenvalue weighted by Crippen LogP contribution is 2.26. The summed E-state index contributed by atoms with van der Waals surface area (Å²) in [7, 11) is 0. The Morgan fingerprint density at radius 3 is 2.50 bits per heavy atom. The molecule has 18 heavy (non-hydrogen) atoms. The Morgan fingerprint density at radius 2 is 1.89 bits per heavy atom. The largest absolute Gasteiger partial charge is 0.488 e. The summed E-state index contributed by atoms with van der Waals surface area (Å²) in [6.45, 7) is 2.53. The normalized spacial score (nSPS) is 9.83. The SMILES string of the molecule is Cc1ccc(OCc2ccc(C#N)cc2)c(Br)c1. The van der Waals surface area contributed by atoms with E-state index in [1.54, 1.807) is 12.1 Å². The third kappa shape index (κ3) is 3.12.